The summed E-state index contributed by atoms with van der Waals surface area (Å²) in [4.78, 5) is 27.9. The van der Waals surface area contributed by atoms with Gasteiger partial charge in [0.2, 0.25) is 5.13 Å². The van der Waals surface area contributed by atoms with E-state index in [1.807, 2.05) is 31.2 Å². The van der Waals surface area contributed by atoms with Gasteiger partial charge in [0.25, 0.3) is 5.78 Å². The Morgan fingerprint density at radius 2 is 1.80 bits per heavy atom. The van der Waals surface area contributed by atoms with Gasteiger partial charge in [0.1, 0.15) is 30.8 Å². The third-order valence-corrected chi connectivity index (χ3v) is 8.67. The molecule has 0 saturated carbocycles. The van der Waals surface area contributed by atoms with Crippen LogP contribution in [0.3, 0.4) is 0 Å². The van der Waals surface area contributed by atoms with Crippen molar-refractivity contribution in [2.75, 3.05) is 18.1 Å². The van der Waals surface area contributed by atoms with E-state index in [2.05, 4.69) is 10.2 Å². The van der Waals surface area contributed by atoms with E-state index in [1.165, 1.54) is 36.0 Å². The predicted octanol–water partition coefficient (Wildman–Crippen LogP) is 5.68. The molecule has 0 aliphatic carbocycles. The van der Waals surface area contributed by atoms with Gasteiger partial charge < -0.3 is 14.6 Å². The van der Waals surface area contributed by atoms with E-state index in [4.69, 9.17) is 9.47 Å². The highest BCUT2D eigenvalue weighted by molar-refractivity contribution is 8.00. The maximum absolute atomic E-state index is 15.2. The fourth-order valence-electron chi connectivity index (χ4n) is 4.55. The maximum Gasteiger partial charge on any atom is 0.301 e. The normalized spacial score (nSPS) is 17.9. The first-order valence-corrected chi connectivity index (χ1v) is 14.2. The number of rotatable bonds is 6. The lowest BCUT2D eigenvalue weighted by Crippen LogP contribution is -2.29. The highest BCUT2D eigenvalue weighted by Crippen LogP contribution is 2.45. The number of hydrogen-bond acceptors (Lipinski definition) is 9. The van der Waals surface area contributed by atoms with Crippen LogP contribution < -0.4 is 14.4 Å². The number of aliphatic hydroxyl groups is 1. The van der Waals surface area contributed by atoms with Crippen molar-refractivity contribution in [3.8, 4) is 11.5 Å². The van der Waals surface area contributed by atoms with Crippen LogP contribution in [-0.4, -0.2) is 40.2 Å². The molecule has 1 amide bonds. The molecule has 1 saturated heterocycles. The molecule has 6 rings (SSSR count). The zero-order valence-electron chi connectivity index (χ0n) is 21.2. The van der Waals surface area contributed by atoms with Crippen molar-refractivity contribution in [3.05, 3.63) is 100 Å². The third kappa shape index (κ3) is 4.82. The Bertz CT molecular complexity index is 1650. The Hall–Kier alpha value is -4.22. The lowest BCUT2D eigenvalue weighted by Gasteiger charge is -2.23. The number of halogens is 1. The highest BCUT2D eigenvalue weighted by Gasteiger charge is 2.49. The second-order valence-electron chi connectivity index (χ2n) is 9.17. The smallest absolute Gasteiger partial charge is 0.301 e. The molecule has 40 heavy (non-hydrogen) atoms. The molecule has 0 radical (unpaired) electrons. The van der Waals surface area contributed by atoms with Crippen LogP contribution in [0.5, 0.6) is 11.5 Å². The Morgan fingerprint density at radius 3 is 2.58 bits per heavy atom. The monoisotopic (exact) mass is 575 g/mol. The van der Waals surface area contributed by atoms with Crippen LogP contribution in [0.2, 0.25) is 0 Å². The highest BCUT2D eigenvalue weighted by atomic mass is 32.2. The Labute approximate surface area is 237 Å². The van der Waals surface area contributed by atoms with Gasteiger partial charge >= 0.3 is 5.91 Å². The van der Waals surface area contributed by atoms with Crippen LogP contribution in [0.1, 0.15) is 28.3 Å². The van der Waals surface area contributed by atoms with Gasteiger partial charge in [-0.2, -0.15) is 0 Å². The number of aryl methyl sites for hydroxylation is 1. The van der Waals surface area contributed by atoms with Crippen LogP contribution in [0.4, 0.5) is 9.52 Å². The minimum Gasteiger partial charge on any atom is -0.507 e. The second kappa shape index (κ2) is 10.7. The maximum atomic E-state index is 15.2. The van der Waals surface area contributed by atoms with Crippen molar-refractivity contribution >= 4 is 45.7 Å². The van der Waals surface area contributed by atoms with Crippen molar-refractivity contribution < 1.29 is 28.6 Å². The van der Waals surface area contributed by atoms with Gasteiger partial charge in [-0.15, -0.1) is 10.2 Å². The van der Waals surface area contributed by atoms with E-state index in [0.717, 1.165) is 27.4 Å². The number of benzene rings is 3. The first-order chi connectivity index (χ1) is 19.4. The summed E-state index contributed by atoms with van der Waals surface area (Å²) in [5, 5.41) is 19.9. The van der Waals surface area contributed by atoms with E-state index >= 15 is 4.39 Å². The summed E-state index contributed by atoms with van der Waals surface area (Å²) in [5.74, 6) is -1.45. The van der Waals surface area contributed by atoms with E-state index in [0.29, 0.717) is 34.8 Å². The fourth-order valence-corrected chi connectivity index (χ4v) is 6.38. The molecular formula is C29H22FN3O5S2. The van der Waals surface area contributed by atoms with E-state index < -0.39 is 29.3 Å². The molecule has 3 aromatic carbocycles. The number of amides is 1. The Balaban J connectivity index is 1.39. The second-order valence-corrected chi connectivity index (χ2v) is 11.4. The van der Waals surface area contributed by atoms with Crippen LogP contribution in [0.25, 0.3) is 5.76 Å². The number of hydrogen-bond donors (Lipinski definition) is 1. The van der Waals surface area contributed by atoms with Crippen LogP contribution in [0, 0.1) is 12.7 Å². The van der Waals surface area contributed by atoms with Gasteiger partial charge in [-0.1, -0.05) is 71.1 Å². The first-order valence-electron chi connectivity index (χ1n) is 12.4. The van der Waals surface area contributed by atoms with Gasteiger partial charge in [-0.3, -0.25) is 14.5 Å². The lowest BCUT2D eigenvalue weighted by atomic mass is 9.95. The molecule has 8 nitrogen and oxygen atoms in total. The molecule has 0 spiro atoms. The van der Waals surface area contributed by atoms with Gasteiger partial charge in [0.15, 0.2) is 15.8 Å². The number of ketones is 1. The number of thioether (sulfide) groups is 1. The van der Waals surface area contributed by atoms with Gasteiger partial charge in [-0.25, -0.2) is 4.39 Å². The molecule has 1 N–H and O–H groups in total. The van der Waals surface area contributed by atoms with Crippen molar-refractivity contribution in [2.24, 2.45) is 0 Å². The van der Waals surface area contributed by atoms with Crippen molar-refractivity contribution in [1.82, 2.24) is 10.2 Å². The number of fused-ring (bicyclic) bond motifs is 1. The average molecular weight is 576 g/mol. The number of carbonyl (C=O) groups is 2. The molecule has 3 heterocycles. The zero-order chi connectivity index (χ0) is 27.8. The standard InChI is InChI=1S/C29H22FN3O5S2/c1-16-6-8-17(9-7-16)15-39-29-32-31-28(40-29)33-24(19-4-2-3-5-20(19)30)23(26(35)27(33)36)25(34)18-10-11-21-22(14-18)38-13-12-37-21/h2-11,14,24,34H,12-13,15H2,1H3/b25-23+. The topological polar surface area (TPSA) is 102 Å². The molecule has 1 unspecified atom stereocenters. The van der Waals surface area contributed by atoms with Crippen molar-refractivity contribution in [2.45, 2.75) is 23.1 Å². The number of aliphatic hydroxyl groups excluding tert-OH is 1. The van der Waals surface area contributed by atoms with E-state index in [9.17, 15) is 14.7 Å². The molecule has 4 aromatic rings. The summed E-state index contributed by atoms with van der Waals surface area (Å²) >= 11 is 2.56. The zero-order valence-corrected chi connectivity index (χ0v) is 22.8. The summed E-state index contributed by atoms with van der Waals surface area (Å²) in [6, 6.07) is 17.4. The van der Waals surface area contributed by atoms with Gasteiger partial charge in [0.05, 0.1) is 5.57 Å². The largest absolute Gasteiger partial charge is 0.507 e. The molecule has 1 aromatic heterocycles. The minimum absolute atomic E-state index is 0.0462. The molecule has 2 aliphatic rings. The van der Waals surface area contributed by atoms with Crippen LogP contribution in [0.15, 0.2) is 76.6 Å². The average Bonchev–Trinajstić information content (AvgIpc) is 3.54. The summed E-state index contributed by atoms with van der Waals surface area (Å²) in [6.45, 7) is 2.74. The number of aromatic nitrogens is 2. The molecule has 1 atom stereocenters. The minimum atomic E-state index is -1.25. The van der Waals surface area contributed by atoms with Crippen molar-refractivity contribution in [1.29, 1.82) is 0 Å². The van der Waals surface area contributed by atoms with Crippen molar-refractivity contribution in [3.63, 3.8) is 0 Å². The molecule has 1 fully saturated rings. The number of anilines is 1. The number of carbonyl (C=O) groups excluding carboxylic acids is 2. The predicted molar refractivity (Wildman–Crippen MR) is 149 cm³/mol. The summed E-state index contributed by atoms with van der Waals surface area (Å²) in [5.41, 5.74) is 2.28. The van der Waals surface area contributed by atoms with E-state index in [1.54, 1.807) is 18.2 Å². The lowest BCUT2D eigenvalue weighted by molar-refractivity contribution is -0.132. The van der Waals surface area contributed by atoms with Crippen LogP contribution in [-0.2, 0) is 15.3 Å². The quantitative estimate of drug-likeness (QED) is 0.103. The molecule has 2 aliphatic heterocycles. The molecule has 202 valence electrons. The Morgan fingerprint density at radius 1 is 1.05 bits per heavy atom. The number of Topliss-reactive ketones (excluding diaryl/α,β-unsaturated/α-hetero) is 1. The SMILES string of the molecule is Cc1ccc(CSc2nnc(N3C(=O)C(=O)/C(=C(/O)c4ccc5c(c4)OCCO5)C3c3ccccc3F)s2)cc1. The first kappa shape index (κ1) is 26.0. The van der Waals surface area contributed by atoms with E-state index in [-0.39, 0.29) is 21.8 Å². The van der Waals surface area contributed by atoms with Gasteiger partial charge in [-0.05, 0) is 36.8 Å². The Kier molecular flexibility index (Phi) is 6.99. The number of ether oxygens (including phenoxy) is 2. The van der Waals surface area contributed by atoms with Gasteiger partial charge in [0, 0.05) is 16.9 Å². The molecule has 11 heteroatoms. The summed E-state index contributed by atoms with van der Waals surface area (Å²) < 4.78 is 26.9. The fraction of sp³-hybridized carbons (Fsp3) is 0.172. The summed E-state index contributed by atoms with van der Waals surface area (Å²) in [6.07, 6.45) is 0. The number of nitrogens with zero attached hydrogens (tertiary/aromatic N) is 3. The molecule has 0 bridgehead atoms. The third-order valence-electron chi connectivity index (χ3n) is 6.54. The van der Waals surface area contributed by atoms with Crippen LogP contribution >= 0.6 is 23.1 Å². The molecular weight excluding hydrogens is 553 g/mol. The summed E-state index contributed by atoms with van der Waals surface area (Å²) in [7, 11) is 0.